The van der Waals surface area contributed by atoms with Crippen LogP contribution in [0.15, 0.2) is 51.7 Å². The van der Waals surface area contributed by atoms with Crippen LogP contribution in [0, 0.1) is 0 Å². The van der Waals surface area contributed by atoms with E-state index < -0.39 is 11.5 Å². The summed E-state index contributed by atoms with van der Waals surface area (Å²) in [4.78, 5) is 27.7. The SMILES string of the molecule is CCCc1c(OCC)ccc2cc(C(=O)Nc3ccc(CN4CC[C@H](O)C4)cc3)c(=O)oc12. The Kier molecular flexibility index (Phi) is 7.11. The first-order valence-corrected chi connectivity index (χ1v) is 11.5. The molecule has 1 aromatic heterocycles. The Morgan fingerprint density at radius 3 is 2.67 bits per heavy atom. The summed E-state index contributed by atoms with van der Waals surface area (Å²) in [7, 11) is 0. The fourth-order valence-corrected chi connectivity index (χ4v) is 4.27. The number of ether oxygens (including phenoxy) is 1. The number of hydrogen-bond acceptors (Lipinski definition) is 6. The van der Waals surface area contributed by atoms with E-state index in [0.29, 0.717) is 42.0 Å². The molecule has 2 aromatic carbocycles. The molecule has 4 rings (SSSR count). The van der Waals surface area contributed by atoms with Crippen molar-refractivity contribution in [2.75, 3.05) is 25.0 Å². The lowest BCUT2D eigenvalue weighted by Gasteiger charge is -2.15. The molecular weight excluding hydrogens is 420 g/mol. The van der Waals surface area contributed by atoms with Crippen LogP contribution in [0.5, 0.6) is 5.75 Å². The van der Waals surface area contributed by atoms with Crippen molar-refractivity contribution in [1.29, 1.82) is 0 Å². The molecule has 7 nitrogen and oxygen atoms in total. The minimum absolute atomic E-state index is 0.0377. The van der Waals surface area contributed by atoms with E-state index in [4.69, 9.17) is 9.15 Å². The fourth-order valence-electron chi connectivity index (χ4n) is 4.27. The number of amides is 1. The Bertz CT molecular complexity index is 1190. The number of nitrogens with one attached hydrogen (secondary N) is 1. The molecule has 1 saturated heterocycles. The van der Waals surface area contributed by atoms with E-state index in [9.17, 15) is 14.7 Å². The van der Waals surface area contributed by atoms with Gasteiger partial charge >= 0.3 is 5.63 Å². The van der Waals surface area contributed by atoms with Gasteiger partial charge in [0, 0.05) is 36.3 Å². The van der Waals surface area contributed by atoms with Crippen molar-refractivity contribution in [3.8, 4) is 5.75 Å². The third kappa shape index (κ3) is 5.26. The van der Waals surface area contributed by atoms with Gasteiger partial charge in [-0.2, -0.15) is 0 Å². The lowest BCUT2D eigenvalue weighted by molar-refractivity contribution is 0.102. The highest BCUT2D eigenvalue weighted by Gasteiger charge is 2.20. The molecule has 0 bridgehead atoms. The van der Waals surface area contributed by atoms with Crippen LogP contribution >= 0.6 is 0 Å². The molecule has 2 heterocycles. The molecule has 33 heavy (non-hydrogen) atoms. The average Bonchev–Trinajstić information content (AvgIpc) is 3.21. The maximum atomic E-state index is 12.8. The van der Waals surface area contributed by atoms with Crippen LogP contribution in [0.4, 0.5) is 5.69 Å². The highest BCUT2D eigenvalue weighted by atomic mass is 16.5. The molecule has 0 saturated carbocycles. The van der Waals surface area contributed by atoms with Crippen LogP contribution in [0.2, 0.25) is 0 Å². The Morgan fingerprint density at radius 2 is 2.00 bits per heavy atom. The third-order valence-electron chi connectivity index (χ3n) is 5.87. The second kappa shape index (κ2) is 10.2. The monoisotopic (exact) mass is 450 g/mol. The first-order valence-electron chi connectivity index (χ1n) is 11.5. The van der Waals surface area contributed by atoms with Crippen LogP contribution in [0.25, 0.3) is 11.0 Å². The molecule has 0 spiro atoms. The summed E-state index contributed by atoms with van der Waals surface area (Å²) in [6.45, 7) is 6.79. The summed E-state index contributed by atoms with van der Waals surface area (Å²) in [6.07, 6.45) is 2.14. The summed E-state index contributed by atoms with van der Waals surface area (Å²) >= 11 is 0. The maximum absolute atomic E-state index is 12.8. The predicted octanol–water partition coefficient (Wildman–Crippen LogP) is 3.96. The van der Waals surface area contributed by atoms with Crippen LogP contribution in [0.1, 0.15) is 48.2 Å². The highest BCUT2D eigenvalue weighted by Crippen LogP contribution is 2.29. The molecule has 1 atom stereocenters. The Balaban J connectivity index is 1.52. The molecular formula is C26H30N2O5. The Labute approximate surface area is 193 Å². The van der Waals surface area contributed by atoms with Crippen molar-refractivity contribution in [2.45, 2.75) is 45.8 Å². The van der Waals surface area contributed by atoms with Crippen molar-refractivity contribution in [1.82, 2.24) is 4.90 Å². The van der Waals surface area contributed by atoms with Crippen LogP contribution in [-0.2, 0) is 13.0 Å². The number of anilines is 1. The number of likely N-dealkylation sites (tertiary alicyclic amines) is 1. The first kappa shape index (κ1) is 23.0. The molecule has 1 fully saturated rings. The smallest absolute Gasteiger partial charge is 0.349 e. The standard InChI is InChI=1S/C26H30N2O5/c1-3-5-21-23(32-4-2)11-8-18-14-22(26(31)33-24(18)21)25(30)27-19-9-6-17(7-10-19)15-28-13-12-20(29)16-28/h6-11,14,20,29H,3-5,12-13,15-16H2,1-2H3,(H,27,30)/t20-/m0/s1. The quantitative estimate of drug-likeness (QED) is 0.505. The number of carbonyl (C=O) groups is 1. The van der Waals surface area contributed by atoms with Crippen molar-refractivity contribution >= 4 is 22.6 Å². The zero-order chi connectivity index (χ0) is 23.4. The average molecular weight is 451 g/mol. The molecule has 1 aliphatic rings. The number of fused-ring (bicyclic) bond motifs is 1. The van der Waals surface area contributed by atoms with Crippen LogP contribution in [0.3, 0.4) is 0 Å². The number of benzene rings is 2. The van der Waals surface area contributed by atoms with E-state index in [1.807, 2.05) is 50.2 Å². The summed E-state index contributed by atoms with van der Waals surface area (Å²) in [5.74, 6) is 0.197. The lowest BCUT2D eigenvalue weighted by atomic mass is 10.0. The molecule has 174 valence electrons. The van der Waals surface area contributed by atoms with E-state index >= 15 is 0 Å². The van der Waals surface area contributed by atoms with Crippen LogP contribution in [-0.4, -0.2) is 41.7 Å². The fraction of sp³-hybridized carbons (Fsp3) is 0.385. The third-order valence-corrected chi connectivity index (χ3v) is 5.87. The van der Waals surface area contributed by atoms with E-state index in [-0.39, 0.29) is 11.7 Å². The van der Waals surface area contributed by atoms with E-state index in [1.165, 1.54) is 0 Å². The minimum atomic E-state index is -0.671. The number of carbonyl (C=O) groups excluding carboxylic acids is 1. The van der Waals surface area contributed by atoms with Gasteiger partial charge in [0.15, 0.2) is 0 Å². The van der Waals surface area contributed by atoms with Gasteiger partial charge in [-0.3, -0.25) is 9.69 Å². The Morgan fingerprint density at radius 1 is 1.21 bits per heavy atom. The van der Waals surface area contributed by atoms with Crippen molar-refractivity contribution in [3.05, 3.63) is 69.6 Å². The summed E-state index contributed by atoms with van der Waals surface area (Å²) in [6, 6.07) is 12.8. The molecule has 3 aromatic rings. The van der Waals surface area contributed by atoms with Gasteiger partial charge in [-0.15, -0.1) is 0 Å². The normalized spacial score (nSPS) is 16.3. The second-order valence-corrected chi connectivity index (χ2v) is 8.42. The summed E-state index contributed by atoms with van der Waals surface area (Å²) in [5, 5.41) is 13.1. The molecule has 2 N–H and O–H groups in total. The molecule has 0 aliphatic carbocycles. The summed E-state index contributed by atoms with van der Waals surface area (Å²) in [5.41, 5.74) is 2.31. The van der Waals surface area contributed by atoms with Gasteiger partial charge in [-0.25, -0.2) is 4.79 Å². The predicted molar refractivity (Wildman–Crippen MR) is 128 cm³/mol. The zero-order valence-corrected chi connectivity index (χ0v) is 19.1. The van der Waals surface area contributed by atoms with Crippen molar-refractivity contribution in [3.63, 3.8) is 0 Å². The highest BCUT2D eigenvalue weighted by molar-refractivity contribution is 6.05. The maximum Gasteiger partial charge on any atom is 0.349 e. The van der Waals surface area contributed by atoms with Gasteiger partial charge in [0.25, 0.3) is 5.91 Å². The second-order valence-electron chi connectivity index (χ2n) is 8.42. The topological polar surface area (TPSA) is 92.0 Å². The van der Waals surface area contributed by atoms with Crippen LogP contribution < -0.4 is 15.7 Å². The number of rotatable bonds is 8. The summed E-state index contributed by atoms with van der Waals surface area (Å²) < 4.78 is 11.3. The molecule has 1 aliphatic heterocycles. The molecule has 1 amide bonds. The number of nitrogens with zero attached hydrogens (tertiary/aromatic N) is 1. The Hall–Kier alpha value is -3.16. The zero-order valence-electron chi connectivity index (χ0n) is 19.1. The van der Waals surface area contributed by atoms with Gasteiger partial charge in [0.1, 0.15) is 16.9 Å². The van der Waals surface area contributed by atoms with Gasteiger partial charge in [0.05, 0.1) is 12.7 Å². The number of aliphatic hydroxyl groups excluding tert-OH is 1. The van der Waals surface area contributed by atoms with Crippen molar-refractivity contribution in [2.24, 2.45) is 0 Å². The minimum Gasteiger partial charge on any atom is -0.493 e. The number of aliphatic hydroxyl groups is 1. The molecule has 0 unspecified atom stereocenters. The van der Waals surface area contributed by atoms with E-state index in [2.05, 4.69) is 10.2 Å². The number of hydrogen-bond donors (Lipinski definition) is 2. The number of β-amino-alcohol motifs (C(OH)–C–C–N with tert-alkyl or cyclic N) is 1. The van der Waals surface area contributed by atoms with Gasteiger partial charge in [-0.05, 0) is 55.7 Å². The van der Waals surface area contributed by atoms with Gasteiger partial charge in [0.2, 0.25) is 0 Å². The van der Waals surface area contributed by atoms with E-state index in [0.717, 1.165) is 37.1 Å². The number of aryl methyl sites for hydroxylation is 1. The van der Waals surface area contributed by atoms with Crippen molar-refractivity contribution < 1.29 is 19.1 Å². The largest absolute Gasteiger partial charge is 0.493 e. The lowest BCUT2D eigenvalue weighted by Crippen LogP contribution is -2.22. The van der Waals surface area contributed by atoms with Gasteiger partial charge < -0.3 is 19.6 Å². The molecule has 7 heteroatoms. The first-order chi connectivity index (χ1) is 16.0. The van der Waals surface area contributed by atoms with Gasteiger partial charge in [-0.1, -0.05) is 25.5 Å². The molecule has 0 radical (unpaired) electrons. The van der Waals surface area contributed by atoms with E-state index in [1.54, 1.807) is 6.07 Å².